The summed E-state index contributed by atoms with van der Waals surface area (Å²) in [6, 6.07) is 21.9. The molecule has 1 fully saturated rings. The predicted octanol–water partition coefficient (Wildman–Crippen LogP) is 9.44. The number of nitrogens with zero attached hydrogens (tertiary/aromatic N) is 1. The molecule has 0 unspecified atom stereocenters. The van der Waals surface area contributed by atoms with Gasteiger partial charge in [-0.1, -0.05) is 76.1 Å². The van der Waals surface area contributed by atoms with Crippen molar-refractivity contribution in [1.82, 2.24) is 10.2 Å². The first-order valence-electron chi connectivity index (χ1n) is 16.7. The molecule has 248 valence electrons. The zero-order valence-corrected chi connectivity index (χ0v) is 29.3. The molecule has 3 aromatic carbocycles. The number of aryl methyl sites for hydroxylation is 1. The van der Waals surface area contributed by atoms with E-state index in [1.165, 1.54) is 0 Å². The van der Waals surface area contributed by atoms with E-state index in [-0.39, 0.29) is 28.6 Å². The molecule has 0 aromatic heterocycles. The minimum Gasteiger partial charge on any atom is -0.410 e. The average molecular weight is 627 g/mol. The first-order chi connectivity index (χ1) is 21.5. The molecule has 46 heavy (non-hydrogen) atoms. The van der Waals surface area contributed by atoms with Gasteiger partial charge in [-0.25, -0.2) is 9.59 Å². The quantitative estimate of drug-likeness (QED) is 0.221. The second-order valence-corrected chi connectivity index (χ2v) is 15.3. The number of hydrogen-bond donors (Lipinski definition) is 3. The maximum atomic E-state index is 13.6. The summed E-state index contributed by atoms with van der Waals surface area (Å²) in [5.41, 5.74) is 5.62. The Bertz CT molecular complexity index is 1470. The number of anilines is 2. The minimum atomic E-state index is -0.513. The first kappa shape index (κ1) is 35.0. The Balaban J connectivity index is 1.34. The summed E-state index contributed by atoms with van der Waals surface area (Å²) >= 11 is 0. The van der Waals surface area contributed by atoms with Gasteiger partial charge >= 0.3 is 12.1 Å². The summed E-state index contributed by atoms with van der Waals surface area (Å²) < 4.78 is 5.70. The van der Waals surface area contributed by atoms with Crippen LogP contribution >= 0.6 is 0 Å². The summed E-state index contributed by atoms with van der Waals surface area (Å²) in [6.45, 7) is 20.2. The second-order valence-electron chi connectivity index (χ2n) is 15.3. The van der Waals surface area contributed by atoms with Gasteiger partial charge in [0.05, 0.1) is 0 Å². The molecule has 3 amide bonds. The van der Waals surface area contributed by atoms with E-state index in [1.54, 1.807) is 0 Å². The van der Waals surface area contributed by atoms with Crippen molar-refractivity contribution in [3.8, 4) is 5.75 Å². The SMILES string of the molecule is CCCCN(C(=O)Nc1ccc(Cc2ccc(NC(=O)Oc3ccc(C)cc3C(C)(C)C)cc2)cc1)C1CC(C)(C)NC(C)(C)C1. The van der Waals surface area contributed by atoms with Gasteiger partial charge in [-0.15, -0.1) is 0 Å². The summed E-state index contributed by atoms with van der Waals surface area (Å²) in [6.07, 6.45) is 4.10. The molecule has 1 aliphatic heterocycles. The van der Waals surface area contributed by atoms with E-state index in [9.17, 15) is 9.59 Å². The molecule has 1 aliphatic rings. The number of amides is 3. The smallest absolute Gasteiger partial charge is 0.410 e. The zero-order valence-electron chi connectivity index (χ0n) is 29.3. The maximum absolute atomic E-state index is 13.6. The lowest BCUT2D eigenvalue weighted by Gasteiger charge is -2.49. The molecule has 1 saturated heterocycles. The number of hydrogen-bond acceptors (Lipinski definition) is 4. The van der Waals surface area contributed by atoms with Crippen LogP contribution in [0.5, 0.6) is 5.75 Å². The first-order valence-corrected chi connectivity index (χ1v) is 16.7. The van der Waals surface area contributed by atoms with E-state index in [0.717, 1.165) is 66.6 Å². The Morgan fingerprint density at radius 3 is 1.93 bits per heavy atom. The molecule has 7 heteroatoms. The highest BCUT2D eigenvalue weighted by atomic mass is 16.6. The van der Waals surface area contributed by atoms with Crippen molar-refractivity contribution in [2.45, 2.75) is 117 Å². The van der Waals surface area contributed by atoms with Crippen LogP contribution in [0.2, 0.25) is 0 Å². The lowest BCUT2D eigenvalue weighted by molar-refractivity contribution is 0.0863. The number of rotatable bonds is 9. The van der Waals surface area contributed by atoms with E-state index in [0.29, 0.717) is 11.4 Å². The van der Waals surface area contributed by atoms with E-state index in [2.05, 4.69) is 94.4 Å². The Kier molecular flexibility index (Phi) is 10.9. The number of carbonyl (C=O) groups is 2. The molecular formula is C39H54N4O3. The Morgan fingerprint density at radius 1 is 0.870 bits per heavy atom. The maximum Gasteiger partial charge on any atom is 0.417 e. The summed E-state index contributed by atoms with van der Waals surface area (Å²) in [7, 11) is 0. The molecule has 0 spiro atoms. The monoisotopic (exact) mass is 626 g/mol. The molecule has 0 aliphatic carbocycles. The van der Waals surface area contributed by atoms with Crippen molar-refractivity contribution in [3.05, 3.63) is 89.0 Å². The number of nitrogens with one attached hydrogen (secondary N) is 3. The standard InChI is InChI=1S/C39H54N4O3/c1-10-11-22-43(32-25-38(6,7)42-39(8,9)26-32)35(44)40-30-17-13-28(14-18-30)24-29-15-19-31(20-16-29)41-36(45)46-34-21-12-27(2)23-33(34)37(3,4)5/h12-21,23,32,42H,10-11,22,24-26H2,1-9H3,(H,40,44)(H,41,45). The molecule has 0 bridgehead atoms. The number of carbonyl (C=O) groups excluding carboxylic acids is 2. The van der Waals surface area contributed by atoms with Gasteiger partial charge in [0.1, 0.15) is 5.75 Å². The van der Waals surface area contributed by atoms with Crippen molar-refractivity contribution in [3.63, 3.8) is 0 Å². The second kappa shape index (κ2) is 14.3. The van der Waals surface area contributed by atoms with E-state index in [1.807, 2.05) is 55.5 Å². The molecule has 0 radical (unpaired) electrons. The number of ether oxygens (including phenoxy) is 1. The van der Waals surface area contributed by atoms with Gasteiger partial charge in [0.25, 0.3) is 0 Å². The Labute approximate surface area is 276 Å². The van der Waals surface area contributed by atoms with Crippen LogP contribution in [0.15, 0.2) is 66.7 Å². The third kappa shape index (κ3) is 9.83. The van der Waals surface area contributed by atoms with E-state index >= 15 is 0 Å². The number of piperidine rings is 1. The van der Waals surface area contributed by atoms with E-state index < -0.39 is 6.09 Å². The fourth-order valence-electron chi connectivity index (χ4n) is 6.67. The van der Waals surface area contributed by atoms with Crippen LogP contribution < -0.4 is 20.7 Å². The summed E-state index contributed by atoms with van der Waals surface area (Å²) in [4.78, 5) is 28.3. The van der Waals surface area contributed by atoms with Crippen molar-refractivity contribution >= 4 is 23.5 Å². The van der Waals surface area contributed by atoms with Crippen LogP contribution in [-0.4, -0.2) is 40.7 Å². The molecule has 1 heterocycles. The minimum absolute atomic E-state index is 0.0293. The van der Waals surface area contributed by atoms with Gasteiger partial charge in [-0.05, 0) is 107 Å². The Hall–Kier alpha value is -3.84. The van der Waals surface area contributed by atoms with Gasteiger partial charge in [0, 0.05) is 40.6 Å². The van der Waals surface area contributed by atoms with Crippen LogP contribution in [0.3, 0.4) is 0 Å². The van der Waals surface area contributed by atoms with Crippen LogP contribution in [-0.2, 0) is 11.8 Å². The fraction of sp³-hybridized carbons (Fsp3) is 0.487. The number of unbranched alkanes of at least 4 members (excludes halogenated alkanes) is 1. The number of benzene rings is 3. The molecule has 7 nitrogen and oxygen atoms in total. The van der Waals surface area contributed by atoms with Crippen LogP contribution in [0, 0.1) is 6.92 Å². The Morgan fingerprint density at radius 2 is 1.41 bits per heavy atom. The lowest BCUT2D eigenvalue weighted by atomic mass is 9.79. The van der Waals surface area contributed by atoms with E-state index in [4.69, 9.17) is 4.74 Å². The molecular weight excluding hydrogens is 572 g/mol. The lowest BCUT2D eigenvalue weighted by Crippen LogP contribution is -2.63. The van der Waals surface area contributed by atoms with Crippen molar-refractivity contribution in [2.24, 2.45) is 0 Å². The largest absolute Gasteiger partial charge is 0.417 e. The molecule has 3 aromatic rings. The molecule has 4 rings (SSSR count). The molecule has 0 saturated carbocycles. The van der Waals surface area contributed by atoms with Crippen molar-refractivity contribution in [1.29, 1.82) is 0 Å². The van der Waals surface area contributed by atoms with Crippen LogP contribution in [0.1, 0.15) is 103 Å². The highest BCUT2D eigenvalue weighted by Crippen LogP contribution is 2.33. The topological polar surface area (TPSA) is 82.7 Å². The van der Waals surface area contributed by atoms with Gasteiger partial charge in [0.15, 0.2) is 0 Å². The van der Waals surface area contributed by atoms with Gasteiger partial charge < -0.3 is 20.3 Å². The highest BCUT2D eigenvalue weighted by molar-refractivity contribution is 5.89. The van der Waals surface area contributed by atoms with Crippen molar-refractivity contribution in [2.75, 3.05) is 17.2 Å². The zero-order chi connectivity index (χ0) is 33.7. The number of urea groups is 1. The van der Waals surface area contributed by atoms with Crippen LogP contribution in [0.25, 0.3) is 0 Å². The third-order valence-electron chi connectivity index (χ3n) is 8.58. The molecule has 0 atom stereocenters. The fourth-order valence-corrected chi connectivity index (χ4v) is 6.67. The van der Waals surface area contributed by atoms with Gasteiger partial charge in [-0.2, -0.15) is 0 Å². The van der Waals surface area contributed by atoms with Gasteiger partial charge in [-0.3, -0.25) is 5.32 Å². The predicted molar refractivity (Wildman–Crippen MR) is 190 cm³/mol. The van der Waals surface area contributed by atoms with Crippen molar-refractivity contribution < 1.29 is 14.3 Å². The van der Waals surface area contributed by atoms with Gasteiger partial charge in [0.2, 0.25) is 0 Å². The summed E-state index contributed by atoms with van der Waals surface area (Å²) in [5, 5.41) is 9.74. The average Bonchev–Trinajstić information content (AvgIpc) is 2.94. The highest BCUT2D eigenvalue weighted by Gasteiger charge is 2.41. The molecule has 3 N–H and O–H groups in total. The summed E-state index contributed by atoms with van der Waals surface area (Å²) in [5.74, 6) is 0.569. The normalized spacial score (nSPS) is 16.0. The third-order valence-corrected chi connectivity index (χ3v) is 8.58. The van der Waals surface area contributed by atoms with Crippen LogP contribution in [0.4, 0.5) is 21.0 Å².